The van der Waals surface area contributed by atoms with Gasteiger partial charge in [0.15, 0.2) is 0 Å². The lowest BCUT2D eigenvalue weighted by Crippen LogP contribution is -2.07. The minimum absolute atomic E-state index is 0.0285. The predicted molar refractivity (Wildman–Crippen MR) is 76.0 cm³/mol. The number of nitrogens with zero attached hydrogens (tertiary/aromatic N) is 3. The van der Waals surface area contributed by atoms with Gasteiger partial charge in [0, 0.05) is 4.47 Å². The summed E-state index contributed by atoms with van der Waals surface area (Å²) >= 11 is 6.66. The number of hydrogen-bond donors (Lipinski definition) is 0. The van der Waals surface area contributed by atoms with E-state index in [9.17, 15) is 13.2 Å². The van der Waals surface area contributed by atoms with Crippen LogP contribution in [0.4, 0.5) is 13.2 Å². The van der Waals surface area contributed by atoms with E-state index in [1.807, 2.05) is 6.92 Å². The minimum Gasteiger partial charge on any atom is -0.219 e. The average molecular weight is 413 g/mol. The van der Waals surface area contributed by atoms with Crippen LogP contribution in [0.3, 0.4) is 0 Å². The Kier molecular flexibility index (Phi) is 4.53. The Morgan fingerprint density at radius 1 is 1.35 bits per heavy atom. The summed E-state index contributed by atoms with van der Waals surface area (Å²) in [4.78, 5) is 0.0285. The van der Waals surface area contributed by atoms with Crippen molar-refractivity contribution in [1.82, 2.24) is 15.0 Å². The summed E-state index contributed by atoms with van der Waals surface area (Å²) < 4.78 is 40.1. The van der Waals surface area contributed by atoms with Gasteiger partial charge >= 0.3 is 6.18 Å². The van der Waals surface area contributed by atoms with Gasteiger partial charge in [-0.3, -0.25) is 0 Å². The SMILES string of the molecule is CCC(Br)c1cn(-c2cc(C(F)(F)F)ccc2Br)nn1. The van der Waals surface area contributed by atoms with Crippen molar-refractivity contribution in [3.05, 3.63) is 40.1 Å². The molecule has 0 aliphatic heterocycles. The first-order chi connectivity index (χ1) is 9.32. The van der Waals surface area contributed by atoms with E-state index >= 15 is 0 Å². The number of aromatic nitrogens is 3. The number of hydrogen-bond acceptors (Lipinski definition) is 2. The summed E-state index contributed by atoms with van der Waals surface area (Å²) in [5.41, 5.74) is 0.254. The molecule has 0 amide bonds. The summed E-state index contributed by atoms with van der Waals surface area (Å²) in [6.07, 6.45) is -1.97. The fraction of sp³-hybridized carbons (Fsp3) is 0.333. The molecule has 0 radical (unpaired) electrons. The summed E-state index contributed by atoms with van der Waals surface area (Å²) in [6.45, 7) is 1.97. The van der Waals surface area contributed by atoms with Crippen LogP contribution in [0.15, 0.2) is 28.9 Å². The van der Waals surface area contributed by atoms with Gasteiger partial charge < -0.3 is 0 Å². The van der Waals surface area contributed by atoms with E-state index in [1.165, 1.54) is 10.7 Å². The lowest BCUT2D eigenvalue weighted by Gasteiger charge is -2.10. The van der Waals surface area contributed by atoms with Crippen LogP contribution in [0.1, 0.15) is 29.4 Å². The molecular weight excluding hydrogens is 403 g/mol. The van der Waals surface area contributed by atoms with Crippen molar-refractivity contribution in [2.75, 3.05) is 0 Å². The highest BCUT2D eigenvalue weighted by molar-refractivity contribution is 9.10. The van der Waals surface area contributed by atoms with Crippen molar-refractivity contribution >= 4 is 31.9 Å². The third-order valence-electron chi connectivity index (χ3n) is 2.71. The lowest BCUT2D eigenvalue weighted by atomic mass is 10.2. The van der Waals surface area contributed by atoms with Crippen molar-refractivity contribution in [3.63, 3.8) is 0 Å². The maximum Gasteiger partial charge on any atom is 0.416 e. The first-order valence-electron chi connectivity index (χ1n) is 5.76. The molecule has 1 heterocycles. The molecule has 108 valence electrons. The topological polar surface area (TPSA) is 30.7 Å². The zero-order chi connectivity index (χ0) is 14.9. The monoisotopic (exact) mass is 411 g/mol. The molecule has 1 atom stereocenters. The molecule has 2 aromatic rings. The highest BCUT2D eigenvalue weighted by Gasteiger charge is 2.31. The second kappa shape index (κ2) is 5.85. The first-order valence-corrected chi connectivity index (χ1v) is 7.47. The normalized spacial score (nSPS) is 13.5. The Hall–Kier alpha value is -0.890. The zero-order valence-corrected chi connectivity index (χ0v) is 13.5. The molecule has 0 bridgehead atoms. The van der Waals surface area contributed by atoms with Crippen molar-refractivity contribution in [3.8, 4) is 5.69 Å². The van der Waals surface area contributed by atoms with E-state index in [0.717, 1.165) is 18.6 Å². The van der Waals surface area contributed by atoms with Gasteiger partial charge in [-0.25, -0.2) is 4.68 Å². The van der Waals surface area contributed by atoms with E-state index in [4.69, 9.17) is 0 Å². The molecule has 0 saturated carbocycles. The Bertz CT molecular complexity index is 610. The molecule has 8 heteroatoms. The fourth-order valence-corrected chi connectivity index (χ4v) is 2.25. The van der Waals surface area contributed by atoms with Crippen LogP contribution in [0.25, 0.3) is 5.69 Å². The maximum atomic E-state index is 12.7. The molecule has 0 saturated heterocycles. The van der Waals surface area contributed by atoms with E-state index < -0.39 is 11.7 Å². The summed E-state index contributed by atoms with van der Waals surface area (Å²) in [5.74, 6) is 0. The molecule has 0 aliphatic carbocycles. The molecule has 2 rings (SSSR count). The lowest BCUT2D eigenvalue weighted by molar-refractivity contribution is -0.137. The molecule has 1 aromatic heterocycles. The Morgan fingerprint density at radius 2 is 2.05 bits per heavy atom. The predicted octanol–water partition coefficient (Wildman–Crippen LogP) is 4.89. The molecular formula is C12H10Br2F3N3. The van der Waals surface area contributed by atoms with Gasteiger partial charge in [0.2, 0.25) is 0 Å². The Morgan fingerprint density at radius 3 is 2.65 bits per heavy atom. The fourth-order valence-electron chi connectivity index (χ4n) is 1.61. The molecule has 0 spiro atoms. The number of rotatable bonds is 3. The minimum atomic E-state index is -4.39. The van der Waals surface area contributed by atoms with Crippen LogP contribution in [0.2, 0.25) is 0 Å². The van der Waals surface area contributed by atoms with Crippen LogP contribution in [0, 0.1) is 0 Å². The van der Waals surface area contributed by atoms with Gasteiger partial charge in [-0.15, -0.1) is 5.10 Å². The third-order valence-corrected chi connectivity index (χ3v) is 4.50. The van der Waals surface area contributed by atoms with Crippen molar-refractivity contribution in [2.45, 2.75) is 24.3 Å². The van der Waals surface area contributed by atoms with Gasteiger partial charge in [0.05, 0.1) is 28.0 Å². The van der Waals surface area contributed by atoms with Crippen LogP contribution < -0.4 is 0 Å². The highest BCUT2D eigenvalue weighted by atomic mass is 79.9. The quantitative estimate of drug-likeness (QED) is 0.671. The Balaban J connectivity index is 2.44. The smallest absolute Gasteiger partial charge is 0.219 e. The molecule has 0 fully saturated rings. The van der Waals surface area contributed by atoms with Gasteiger partial charge in [-0.2, -0.15) is 13.2 Å². The Labute approximate surface area is 130 Å². The maximum absolute atomic E-state index is 12.7. The molecule has 3 nitrogen and oxygen atoms in total. The van der Waals surface area contributed by atoms with E-state index in [2.05, 4.69) is 42.2 Å². The van der Waals surface area contributed by atoms with Crippen molar-refractivity contribution < 1.29 is 13.2 Å². The second-order valence-electron chi connectivity index (χ2n) is 4.13. The van der Waals surface area contributed by atoms with Gasteiger partial charge in [0.25, 0.3) is 0 Å². The van der Waals surface area contributed by atoms with E-state index in [-0.39, 0.29) is 4.83 Å². The molecule has 1 unspecified atom stereocenters. The standard InChI is InChI=1S/C12H10Br2F3N3/c1-2-8(13)10-6-20(19-18-10)11-5-7(12(15,16)17)3-4-9(11)14/h3-6,8H,2H2,1H3. The summed E-state index contributed by atoms with van der Waals surface area (Å²) in [6, 6.07) is 3.41. The van der Waals surface area contributed by atoms with Crippen LogP contribution in [0.5, 0.6) is 0 Å². The molecule has 1 aromatic carbocycles. The van der Waals surface area contributed by atoms with Crippen molar-refractivity contribution in [2.24, 2.45) is 0 Å². The largest absolute Gasteiger partial charge is 0.416 e. The van der Waals surface area contributed by atoms with Gasteiger partial charge in [0.1, 0.15) is 0 Å². The van der Waals surface area contributed by atoms with Crippen LogP contribution in [-0.2, 0) is 6.18 Å². The summed E-state index contributed by atoms with van der Waals surface area (Å²) in [5, 5.41) is 7.84. The van der Waals surface area contributed by atoms with Crippen LogP contribution in [-0.4, -0.2) is 15.0 Å². The average Bonchev–Trinajstić information content (AvgIpc) is 2.86. The van der Waals surface area contributed by atoms with E-state index in [0.29, 0.717) is 15.9 Å². The number of halogens is 5. The molecule has 0 aliphatic rings. The van der Waals surface area contributed by atoms with Gasteiger partial charge in [-0.05, 0) is 40.5 Å². The highest BCUT2D eigenvalue weighted by Crippen LogP contribution is 2.33. The van der Waals surface area contributed by atoms with Crippen molar-refractivity contribution in [1.29, 1.82) is 0 Å². The van der Waals surface area contributed by atoms with Crippen LogP contribution >= 0.6 is 31.9 Å². The van der Waals surface area contributed by atoms with E-state index in [1.54, 1.807) is 6.20 Å². The second-order valence-corrected chi connectivity index (χ2v) is 6.09. The number of benzene rings is 1. The number of alkyl halides is 4. The van der Waals surface area contributed by atoms with Gasteiger partial charge in [-0.1, -0.05) is 28.1 Å². The first kappa shape index (κ1) is 15.5. The summed E-state index contributed by atoms with van der Waals surface area (Å²) in [7, 11) is 0. The molecule has 0 N–H and O–H groups in total. The zero-order valence-electron chi connectivity index (χ0n) is 10.3. The molecule has 20 heavy (non-hydrogen) atoms. The third kappa shape index (κ3) is 3.22.